The Morgan fingerprint density at radius 2 is 1.74 bits per heavy atom. The summed E-state index contributed by atoms with van der Waals surface area (Å²) < 4.78 is 0. The molecular weight excluding hydrogens is 390 g/mol. The lowest BCUT2D eigenvalue weighted by molar-refractivity contribution is -0.119. The molecule has 2 fully saturated rings. The van der Waals surface area contributed by atoms with Crippen LogP contribution in [0, 0.1) is 12.8 Å². The summed E-state index contributed by atoms with van der Waals surface area (Å²) in [4.78, 5) is 40.9. The number of para-hydroxylation sites is 1. The van der Waals surface area contributed by atoms with Crippen LogP contribution in [0.1, 0.15) is 54.5 Å². The summed E-state index contributed by atoms with van der Waals surface area (Å²) in [6, 6.07) is 9.44. The van der Waals surface area contributed by atoms with E-state index in [9.17, 15) is 9.59 Å². The van der Waals surface area contributed by atoms with E-state index in [0.29, 0.717) is 24.3 Å². The number of benzene rings is 1. The first-order valence-electron chi connectivity index (χ1n) is 11.1. The van der Waals surface area contributed by atoms with Crippen molar-refractivity contribution >= 4 is 23.3 Å². The molecule has 4 rings (SSSR count). The first kappa shape index (κ1) is 21.3. The highest BCUT2D eigenvalue weighted by molar-refractivity contribution is 6.05. The van der Waals surface area contributed by atoms with Crippen molar-refractivity contribution in [1.82, 2.24) is 14.9 Å². The summed E-state index contributed by atoms with van der Waals surface area (Å²) in [7, 11) is 1.77. The molecule has 2 aromatic rings. The highest BCUT2D eigenvalue weighted by Gasteiger charge is 2.34. The third-order valence-corrected chi connectivity index (χ3v) is 6.02. The second-order valence-corrected chi connectivity index (χ2v) is 8.85. The van der Waals surface area contributed by atoms with Gasteiger partial charge in [0.1, 0.15) is 11.6 Å². The fourth-order valence-corrected chi connectivity index (χ4v) is 3.97. The van der Waals surface area contributed by atoms with Crippen LogP contribution in [0.25, 0.3) is 0 Å². The quantitative estimate of drug-likeness (QED) is 0.741. The van der Waals surface area contributed by atoms with Crippen LogP contribution >= 0.6 is 0 Å². The van der Waals surface area contributed by atoms with Crippen LogP contribution in [0.15, 0.2) is 30.3 Å². The van der Waals surface area contributed by atoms with E-state index >= 15 is 0 Å². The molecule has 1 aromatic heterocycles. The maximum Gasteiger partial charge on any atom is 0.256 e. The molecule has 31 heavy (non-hydrogen) atoms. The lowest BCUT2D eigenvalue weighted by atomic mass is 10.1. The first-order chi connectivity index (χ1) is 14.8. The minimum Gasteiger partial charge on any atom is -0.353 e. The Kier molecular flexibility index (Phi) is 5.94. The van der Waals surface area contributed by atoms with E-state index in [1.165, 1.54) is 0 Å². The molecule has 2 aliphatic rings. The molecule has 1 saturated heterocycles. The molecule has 1 aliphatic carbocycles. The Balaban J connectivity index is 1.46. The molecule has 0 unspecified atom stereocenters. The van der Waals surface area contributed by atoms with Gasteiger partial charge in [0.05, 0.1) is 11.3 Å². The van der Waals surface area contributed by atoms with Crippen LogP contribution in [0.5, 0.6) is 0 Å². The predicted octanol–water partition coefficient (Wildman–Crippen LogP) is 3.24. The average molecular weight is 422 g/mol. The van der Waals surface area contributed by atoms with Gasteiger partial charge in [-0.2, -0.15) is 0 Å². The number of hydrogen-bond acceptors (Lipinski definition) is 5. The maximum atomic E-state index is 13.3. The third kappa shape index (κ3) is 4.55. The van der Waals surface area contributed by atoms with Crippen molar-refractivity contribution in [2.45, 2.75) is 39.5 Å². The predicted molar refractivity (Wildman–Crippen MR) is 122 cm³/mol. The summed E-state index contributed by atoms with van der Waals surface area (Å²) in [5.74, 6) is 2.25. The number of aryl methyl sites for hydroxylation is 1. The Hall–Kier alpha value is -2.96. The third-order valence-electron chi connectivity index (χ3n) is 6.02. The fraction of sp³-hybridized carbons (Fsp3) is 0.500. The molecule has 164 valence electrons. The van der Waals surface area contributed by atoms with Crippen molar-refractivity contribution in [2.75, 3.05) is 43.0 Å². The lowest BCUT2D eigenvalue weighted by Crippen LogP contribution is -2.49. The highest BCUT2D eigenvalue weighted by Crippen LogP contribution is 2.33. The molecular formula is C24H31N5O2. The Morgan fingerprint density at radius 3 is 2.39 bits per heavy atom. The van der Waals surface area contributed by atoms with E-state index in [0.717, 1.165) is 43.3 Å². The van der Waals surface area contributed by atoms with Gasteiger partial charge in [0.15, 0.2) is 0 Å². The van der Waals surface area contributed by atoms with Crippen LogP contribution < -0.4 is 9.80 Å². The normalized spacial score (nSPS) is 16.5. The van der Waals surface area contributed by atoms with Gasteiger partial charge in [-0.05, 0) is 31.9 Å². The van der Waals surface area contributed by atoms with Crippen LogP contribution in [-0.4, -0.2) is 59.9 Å². The van der Waals surface area contributed by atoms with Crippen LogP contribution in [0.4, 0.5) is 11.5 Å². The van der Waals surface area contributed by atoms with Gasteiger partial charge >= 0.3 is 0 Å². The molecule has 1 saturated carbocycles. The van der Waals surface area contributed by atoms with Crippen molar-refractivity contribution in [3.8, 4) is 0 Å². The van der Waals surface area contributed by atoms with E-state index in [1.807, 2.05) is 42.2 Å². The van der Waals surface area contributed by atoms with Gasteiger partial charge in [0.25, 0.3) is 5.91 Å². The van der Waals surface area contributed by atoms with Gasteiger partial charge in [-0.15, -0.1) is 0 Å². The average Bonchev–Trinajstić information content (AvgIpc) is 3.63. The van der Waals surface area contributed by atoms with Crippen molar-refractivity contribution < 1.29 is 9.59 Å². The van der Waals surface area contributed by atoms with Gasteiger partial charge in [-0.1, -0.05) is 26.0 Å². The van der Waals surface area contributed by atoms with Crippen LogP contribution in [-0.2, 0) is 4.79 Å². The fourth-order valence-electron chi connectivity index (χ4n) is 3.97. The molecule has 2 amide bonds. The molecule has 0 spiro atoms. The number of aromatic nitrogens is 2. The standard InChI is InChI=1S/C24H31N5O2/c1-16(2)22-25-17(3)15-21(26-22)28-11-13-29(14-12-28)24(31)19-7-5-6-8-20(19)27(4)23(30)18-9-10-18/h5-8,15-16,18H,9-14H2,1-4H3. The van der Waals surface area contributed by atoms with Crippen molar-refractivity contribution in [3.05, 3.63) is 47.4 Å². The highest BCUT2D eigenvalue weighted by atomic mass is 16.2. The second-order valence-electron chi connectivity index (χ2n) is 8.85. The van der Waals surface area contributed by atoms with E-state index < -0.39 is 0 Å². The molecule has 7 nitrogen and oxygen atoms in total. The molecule has 2 heterocycles. The largest absolute Gasteiger partial charge is 0.353 e. The number of hydrogen-bond donors (Lipinski definition) is 0. The zero-order valence-corrected chi connectivity index (χ0v) is 18.8. The number of carbonyl (C=O) groups excluding carboxylic acids is 2. The monoisotopic (exact) mass is 421 g/mol. The molecule has 7 heteroatoms. The van der Waals surface area contributed by atoms with Crippen molar-refractivity contribution in [1.29, 1.82) is 0 Å². The zero-order valence-electron chi connectivity index (χ0n) is 18.8. The number of carbonyl (C=O) groups is 2. The van der Waals surface area contributed by atoms with Crippen LogP contribution in [0.3, 0.4) is 0 Å². The van der Waals surface area contributed by atoms with Gasteiger partial charge in [0.2, 0.25) is 5.91 Å². The molecule has 0 N–H and O–H groups in total. The number of nitrogens with zero attached hydrogens (tertiary/aromatic N) is 5. The summed E-state index contributed by atoms with van der Waals surface area (Å²) in [6.07, 6.45) is 1.89. The molecule has 0 radical (unpaired) electrons. The molecule has 1 aliphatic heterocycles. The van der Waals surface area contributed by atoms with Gasteiger partial charge in [-0.25, -0.2) is 9.97 Å². The summed E-state index contributed by atoms with van der Waals surface area (Å²) in [5.41, 5.74) is 2.25. The second kappa shape index (κ2) is 8.65. The van der Waals surface area contributed by atoms with Crippen molar-refractivity contribution in [3.63, 3.8) is 0 Å². The van der Waals surface area contributed by atoms with Gasteiger partial charge < -0.3 is 14.7 Å². The topological polar surface area (TPSA) is 69.6 Å². The van der Waals surface area contributed by atoms with Crippen LogP contribution in [0.2, 0.25) is 0 Å². The Bertz CT molecular complexity index is 978. The minimum atomic E-state index is -0.0209. The maximum absolute atomic E-state index is 13.3. The van der Waals surface area contributed by atoms with Gasteiger partial charge in [-0.3, -0.25) is 9.59 Å². The summed E-state index contributed by atoms with van der Waals surface area (Å²) in [6.45, 7) is 8.86. The van der Waals surface area contributed by atoms with E-state index in [4.69, 9.17) is 4.98 Å². The van der Waals surface area contributed by atoms with E-state index in [1.54, 1.807) is 11.9 Å². The SMILES string of the molecule is Cc1cc(N2CCN(C(=O)c3ccccc3N(C)C(=O)C3CC3)CC2)nc(C(C)C)n1. The lowest BCUT2D eigenvalue weighted by Gasteiger charge is -2.36. The zero-order chi connectivity index (χ0) is 22.1. The Labute approximate surface area is 184 Å². The van der Waals surface area contributed by atoms with E-state index in [2.05, 4.69) is 23.7 Å². The number of anilines is 2. The molecule has 1 aromatic carbocycles. The number of piperazine rings is 1. The minimum absolute atomic E-state index is 0.0209. The Morgan fingerprint density at radius 1 is 1.06 bits per heavy atom. The van der Waals surface area contributed by atoms with Gasteiger partial charge in [0, 0.05) is 56.8 Å². The van der Waals surface area contributed by atoms with Crippen molar-refractivity contribution in [2.24, 2.45) is 5.92 Å². The smallest absolute Gasteiger partial charge is 0.256 e. The summed E-state index contributed by atoms with van der Waals surface area (Å²) >= 11 is 0. The molecule has 0 atom stereocenters. The number of rotatable bonds is 5. The summed E-state index contributed by atoms with van der Waals surface area (Å²) in [5, 5.41) is 0. The molecule has 0 bridgehead atoms. The van der Waals surface area contributed by atoms with E-state index in [-0.39, 0.29) is 23.7 Å². The first-order valence-corrected chi connectivity index (χ1v) is 11.1. The number of amides is 2.